The van der Waals surface area contributed by atoms with E-state index in [9.17, 15) is 4.79 Å². The number of benzene rings is 1. The zero-order valence-electron chi connectivity index (χ0n) is 10.0. The Balaban J connectivity index is 1.85. The van der Waals surface area contributed by atoms with Gasteiger partial charge in [0.15, 0.2) is 0 Å². The van der Waals surface area contributed by atoms with E-state index in [1.165, 1.54) is 0 Å². The van der Waals surface area contributed by atoms with Gasteiger partial charge in [0.25, 0.3) is 0 Å². The third kappa shape index (κ3) is 3.18. The summed E-state index contributed by atoms with van der Waals surface area (Å²) in [6, 6.07) is 8.66. The van der Waals surface area contributed by atoms with E-state index < -0.39 is 5.97 Å². The maximum absolute atomic E-state index is 10.7. The smallest absolute Gasteiger partial charge is 0.335 e. The Hall–Kier alpha value is -2.14. The van der Waals surface area contributed by atoms with Gasteiger partial charge in [0, 0.05) is 19.2 Å². The van der Waals surface area contributed by atoms with Gasteiger partial charge in [0.2, 0.25) is 0 Å². The number of carbonyl (C=O) groups is 1. The second kappa shape index (κ2) is 5.46. The zero-order chi connectivity index (χ0) is 13.0. The van der Waals surface area contributed by atoms with E-state index in [0.29, 0.717) is 18.7 Å². The average Bonchev–Trinajstić information content (AvgIpc) is 2.76. The molecule has 0 aliphatic heterocycles. The molecule has 0 saturated heterocycles. The molecule has 5 heteroatoms. The summed E-state index contributed by atoms with van der Waals surface area (Å²) in [6.45, 7) is 3.13. The third-order valence-corrected chi connectivity index (χ3v) is 2.51. The monoisotopic (exact) mass is 246 g/mol. The molecule has 0 fully saturated rings. The molecule has 0 aliphatic rings. The first-order valence-corrected chi connectivity index (χ1v) is 5.60. The van der Waals surface area contributed by atoms with Crippen LogP contribution in [0.2, 0.25) is 0 Å². The van der Waals surface area contributed by atoms with Crippen LogP contribution in [0.1, 0.15) is 27.4 Å². The number of hydrogen-bond donors (Lipinski definition) is 2. The lowest BCUT2D eigenvalue weighted by Crippen LogP contribution is -2.12. The summed E-state index contributed by atoms with van der Waals surface area (Å²) >= 11 is 0. The van der Waals surface area contributed by atoms with Crippen molar-refractivity contribution in [1.29, 1.82) is 0 Å². The zero-order valence-corrected chi connectivity index (χ0v) is 10.0. The van der Waals surface area contributed by atoms with Crippen molar-refractivity contribution in [2.75, 3.05) is 0 Å². The second-order valence-corrected chi connectivity index (χ2v) is 4.03. The maximum atomic E-state index is 10.7. The van der Waals surface area contributed by atoms with Crippen molar-refractivity contribution >= 4 is 5.97 Å². The van der Waals surface area contributed by atoms with Crippen LogP contribution in [0.25, 0.3) is 0 Å². The van der Waals surface area contributed by atoms with Crippen LogP contribution in [0.5, 0.6) is 0 Å². The number of carboxylic acid groups (broad SMARTS) is 1. The van der Waals surface area contributed by atoms with Crippen LogP contribution in [0, 0.1) is 6.92 Å². The molecule has 18 heavy (non-hydrogen) atoms. The van der Waals surface area contributed by atoms with Gasteiger partial charge in [-0.2, -0.15) is 0 Å². The van der Waals surface area contributed by atoms with Crippen molar-refractivity contribution in [3.8, 4) is 0 Å². The number of nitrogens with one attached hydrogen (secondary N) is 1. The molecule has 94 valence electrons. The van der Waals surface area contributed by atoms with Crippen LogP contribution in [0.3, 0.4) is 0 Å². The first kappa shape index (κ1) is 12.3. The minimum absolute atomic E-state index is 0.297. The van der Waals surface area contributed by atoms with E-state index in [4.69, 9.17) is 9.63 Å². The molecule has 1 aromatic carbocycles. The second-order valence-electron chi connectivity index (χ2n) is 4.03. The number of aromatic carboxylic acids is 1. The van der Waals surface area contributed by atoms with E-state index in [1.54, 1.807) is 24.3 Å². The lowest BCUT2D eigenvalue weighted by Gasteiger charge is -2.03. The molecule has 2 aromatic rings. The highest BCUT2D eigenvalue weighted by atomic mass is 16.5. The fourth-order valence-electron chi connectivity index (χ4n) is 1.60. The van der Waals surface area contributed by atoms with Gasteiger partial charge < -0.3 is 14.9 Å². The molecule has 0 unspecified atom stereocenters. The summed E-state index contributed by atoms with van der Waals surface area (Å²) in [4.78, 5) is 10.7. The van der Waals surface area contributed by atoms with Crippen molar-refractivity contribution in [1.82, 2.24) is 10.5 Å². The predicted molar refractivity (Wildman–Crippen MR) is 65.2 cm³/mol. The number of aryl methyl sites for hydroxylation is 1. The van der Waals surface area contributed by atoms with Gasteiger partial charge in [0.1, 0.15) is 5.76 Å². The fraction of sp³-hybridized carbons (Fsp3) is 0.231. The summed E-state index contributed by atoms with van der Waals surface area (Å²) in [5, 5.41) is 15.8. The molecule has 1 aromatic heterocycles. The Morgan fingerprint density at radius 1 is 1.33 bits per heavy atom. The molecule has 0 bridgehead atoms. The summed E-state index contributed by atoms with van der Waals surface area (Å²) in [5.41, 5.74) is 2.18. The molecule has 2 rings (SSSR count). The van der Waals surface area contributed by atoms with Gasteiger partial charge in [-0.3, -0.25) is 0 Å². The largest absolute Gasteiger partial charge is 0.478 e. The highest BCUT2D eigenvalue weighted by Crippen LogP contribution is 2.05. The summed E-state index contributed by atoms with van der Waals surface area (Å²) < 4.78 is 4.95. The van der Waals surface area contributed by atoms with Crippen molar-refractivity contribution in [2.24, 2.45) is 0 Å². The first-order valence-electron chi connectivity index (χ1n) is 5.60. The molecular weight excluding hydrogens is 232 g/mol. The number of carboxylic acids is 1. The predicted octanol–water partition coefficient (Wildman–Crippen LogP) is 1.97. The van der Waals surface area contributed by atoms with Crippen LogP contribution < -0.4 is 5.32 Å². The standard InChI is InChI=1S/C13H14N2O3/c1-9-6-12(15-18-9)8-14-7-10-2-4-11(5-3-10)13(16)17/h2-6,14H,7-8H2,1H3,(H,16,17). The lowest BCUT2D eigenvalue weighted by atomic mass is 10.1. The van der Waals surface area contributed by atoms with Gasteiger partial charge >= 0.3 is 5.97 Å². The Morgan fingerprint density at radius 3 is 2.61 bits per heavy atom. The van der Waals surface area contributed by atoms with Crippen LogP contribution in [-0.2, 0) is 13.1 Å². The number of nitrogens with zero attached hydrogens (tertiary/aromatic N) is 1. The van der Waals surface area contributed by atoms with Crippen LogP contribution in [0.15, 0.2) is 34.9 Å². The lowest BCUT2D eigenvalue weighted by molar-refractivity contribution is 0.0697. The molecule has 5 nitrogen and oxygen atoms in total. The minimum Gasteiger partial charge on any atom is -0.478 e. The maximum Gasteiger partial charge on any atom is 0.335 e. The van der Waals surface area contributed by atoms with Gasteiger partial charge in [-0.15, -0.1) is 0 Å². The molecule has 1 heterocycles. The van der Waals surface area contributed by atoms with E-state index in [2.05, 4.69) is 10.5 Å². The van der Waals surface area contributed by atoms with Crippen molar-refractivity contribution in [3.63, 3.8) is 0 Å². The van der Waals surface area contributed by atoms with Crippen molar-refractivity contribution in [3.05, 3.63) is 52.9 Å². The minimum atomic E-state index is -0.910. The molecular formula is C13H14N2O3. The normalized spacial score (nSPS) is 10.5. The Bertz CT molecular complexity index is 531. The SMILES string of the molecule is Cc1cc(CNCc2ccc(C(=O)O)cc2)no1. The molecule has 0 amide bonds. The Kier molecular flexibility index (Phi) is 3.74. The Morgan fingerprint density at radius 2 is 2.06 bits per heavy atom. The summed E-state index contributed by atoms with van der Waals surface area (Å²) in [7, 11) is 0. The molecule has 2 N–H and O–H groups in total. The van der Waals surface area contributed by atoms with Crippen LogP contribution in [-0.4, -0.2) is 16.2 Å². The van der Waals surface area contributed by atoms with Gasteiger partial charge in [-0.25, -0.2) is 4.79 Å². The highest BCUT2D eigenvalue weighted by molar-refractivity contribution is 5.87. The molecule has 0 aliphatic carbocycles. The van der Waals surface area contributed by atoms with E-state index in [0.717, 1.165) is 17.0 Å². The first-order chi connectivity index (χ1) is 8.65. The summed E-state index contributed by atoms with van der Waals surface area (Å²) in [5.74, 6) is -0.120. The van der Waals surface area contributed by atoms with Crippen molar-refractivity contribution < 1.29 is 14.4 Å². The topological polar surface area (TPSA) is 75.4 Å². The molecule has 0 radical (unpaired) electrons. The average molecular weight is 246 g/mol. The van der Waals surface area contributed by atoms with Crippen LogP contribution >= 0.6 is 0 Å². The number of aromatic nitrogens is 1. The number of rotatable bonds is 5. The van der Waals surface area contributed by atoms with Gasteiger partial charge in [-0.1, -0.05) is 17.3 Å². The van der Waals surface area contributed by atoms with Gasteiger partial charge in [0.05, 0.1) is 11.3 Å². The molecule has 0 saturated carbocycles. The molecule has 0 spiro atoms. The quantitative estimate of drug-likeness (QED) is 0.843. The van der Waals surface area contributed by atoms with Crippen molar-refractivity contribution in [2.45, 2.75) is 20.0 Å². The molecule has 0 atom stereocenters. The van der Waals surface area contributed by atoms with Crippen LogP contribution in [0.4, 0.5) is 0 Å². The van der Waals surface area contributed by atoms with E-state index >= 15 is 0 Å². The van der Waals surface area contributed by atoms with E-state index in [1.807, 2.05) is 13.0 Å². The summed E-state index contributed by atoms with van der Waals surface area (Å²) in [6.07, 6.45) is 0. The number of hydrogen-bond acceptors (Lipinski definition) is 4. The Labute approximate surface area is 104 Å². The highest BCUT2D eigenvalue weighted by Gasteiger charge is 2.02. The van der Waals surface area contributed by atoms with Gasteiger partial charge in [-0.05, 0) is 24.6 Å². The fourth-order valence-corrected chi connectivity index (χ4v) is 1.60. The third-order valence-electron chi connectivity index (χ3n) is 2.51. The van der Waals surface area contributed by atoms with E-state index in [-0.39, 0.29) is 0 Å².